The van der Waals surface area contributed by atoms with Crippen LogP contribution in [0.5, 0.6) is 0 Å². The summed E-state index contributed by atoms with van der Waals surface area (Å²) in [5, 5.41) is 3.67. The van der Waals surface area contributed by atoms with E-state index in [9.17, 15) is 0 Å². The highest BCUT2D eigenvalue weighted by Crippen LogP contribution is 2.29. The molecule has 1 N–H and O–H groups in total. The van der Waals surface area contributed by atoms with E-state index in [0.717, 1.165) is 17.8 Å². The lowest BCUT2D eigenvalue weighted by molar-refractivity contribution is 0.286. The van der Waals surface area contributed by atoms with Gasteiger partial charge in [0.05, 0.1) is 0 Å². The standard InChI is InChI=1S/C15H27N/c1-12-8-13(2)10-15(9-12)11-16-7-6-14-4-3-5-14/h8,12,14-16H,3-7,9-11H2,1-2H3. The fourth-order valence-corrected chi connectivity index (χ4v) is 3.24. The van der Waals surface area contributed by atoms with Crippen LogP contribution < -0.4 is 5.32 Å². The topological polar surface area (TPSA) is 12.0 Å². The summed E-state index contributed by atoms with van der Waals surface area (Å²) >= 11 is 0. The number of hydrogen-bond acceptors (Lipinski definition) is 1. The van der Waals surface area contributed by atoms with E-state index < -0.39 is 0 Å². The van der Waals surface area contributed by atoms with Gasteiger partial charge in [0.25, 0.3) is 0 Å². The molecule has 0 aromatic rings. The first-order chi connectivity index (χ1) is 7.74. The lowest BCUT2D eigenvalue weighted by Gasteiger charge is -2.27. The summed E-state index contributed by atoms with van der Waals surface area (Å²) in [7, 11) is 0. The summed E-state index contributed by atoms with van der Waals surface area (Å²) in [4.78, 5) is 0. The lowest BCUT2D eigenvalue weighted by Crippen LogP contribution is -2.28. The molecule has 2 unspecified atom stereocenters. The summed E-state index contributed by atoms with van der Waals surface area (Å²) in [6, 6.07) is 0. The van der Waals surface area contributed by atoms with E-state index in [4.69, 9.17) is 0 Å². The van der Waals surface area contributed by atoms with E-state index in [-0.39, 0.29) is 0 Å². The van der Waals surface area contributed by atoms with Gasteiger partial charge in [0, 0.05) is 0 Å². The SMILES string of the molecule is CC1=CC(C)CC(CNCCC2CCC2)C1. The lowest BCUT2D eigenvalue weighted by atomic mass is 9.82. The Kier molecular flexibility index (Phi) is 4.45. The van der Waals surface area contributed by atoms with Crippen molar-refractivity contribution in [3.8, 4) is 0 Å². The molecule has 2 aliphatic carbocycles. The van der Waals surface area contributed by atoms with Gasteiger partial charge >= 0.3 is 0 Å². The summed E-state index contributed by atoms with van der Waals surface area (Å²) < 4.78 is 0. The summed E-state index contributed by atoms with van der Waals surface area (Å²) in [6.07, 6.45) is 11.0. The molecule has 1 nitrogen and oxygen atoms in total. The third-order valence-corrected chi connectivity index (χ3v) is 4.27. The van der Waals surface area contributed by atoms with Crippen molar-refractivity contribution in [3.63, 3.8) is 0 Å². The van der Waals surface area contributed by atoms with Crippen LogP contribution >= 0.6 is 0 Å². The Morgan fingerprint density at radius 1 is 1.31 bits per heavy atom. The Bertz CT molecular complexity index is 240. The first-order valence-electron chi connectivity index (χ1n) is 7.12. The van der Waals surface area contributed by atoms with Gasteiger partial charge in [0.15, 0.2) is 0 Å². The smallest absolute Gasteiger partial charge is 0.00172 e. The second-order valence-corrected chi connectivity index (χ2v) is 6.09. The van der Waals surface area contributed by atoms with Crippen LogP contribution in [0.3, 0.4) is 0 Å². The maximum Gasteiger partial charge on any atom is -0.00172 e. The Balaban J connectivity index is 1.57. The molecule has 0 aliphatic heterocycles. The van der Waals surface area contributed by atoms with Crippen LogP contribution in [0.4, 0.5) is 0 Å². The van der Waals surface area contributed by atoms with Gasteiger partial charge in [-0.3, -0.25) is 0 Å². The summed E-state index contributed by atoms with van der Waals surface area (Å²) in [5.74, 6) is 2.74. The average molecular weight is 221 g/mol. The van der Waals surface area contributed by atoms with Crippen LogP contribution in [-0.4, -0.2) is 13.1 Å². The van der Waals surface area contributed by atoms with Crippen molar-refractivity contribution in [1.82, 2.24) is 5.32 Å². The van der Waals surface area contributed by atoms with Crippen LogP contribution in [-0.2, 0) is 0 Å². The zero-order chi connectivity index (χ0) is 11.4. The normalized spacial score (nSPS) is 31.0. The number of rotatable bonds is 5. The van der Waals surface area contributed by atoms with Crippen LogP contribution in [0, 0.1) is 17.8 Å². The predicted molar refractivity (Wildman–Crippen MR) is 70.5 cm³/mol. The van der Waals surface area contributed by atoms with Gasteiger partial charge in [-0.1, -0.05) is 37.8 Å². The summed E-state index contributed by atoms with van der Waals surface area (Å²) in [5.41, 5.74) is 1.60. The third kappa shape index (κ3) is 3.62. The molecule has 0 bridgehead atoms. The average Bonchev–Trinajstić information content (AvgIpc) is 2.13. The molecule has 1 fully saturated rings. The van der Waals surface area contributed by atoms with Gasteiger partial charge in [-0.05, 0) is 57.0 Å². The van der Waals surface area contributed by atoms with E-state index in [1.807, 2.05) is 0 Å². The molecule has 0 aromatic heterocycles. The minimum Gasteiger partial charge on any atom is -0.316 e. The fraction of sp³-hybridized carbons (Fsp3) is 0.867. The monoisotopic (exact) mass is 221 g/mol. The first-order valence-corrected chi connectivity index (χ1v) is 7.12. The zero-order valence-corrected chi connectivity index (χ0v) is 11.0. The third-order valence-electron chi connectivity index (χ3n) is 4.27. The molecule has 2 rings (SSSR count). The van der Waals surface area contributed by atoms with Gasteiger partial charge in [-0.25, -0.2) is 0 Å². The van der Waals surface area contributed by atoms with Crippen molar-refractivity contribution < 1.29 is 0 Å². The van der Waals surface area contributed by atoms with Crippen molar-refractivity contribution in [1.29, 1.82) is 0 Å². The van der Waals surface area contributed by atoms with Crippen molar-refractivity contribution >= 4 is 0 Å². The van der Waals surface area contributed by atoms with Crippen molar-refractivity contribution in [2.45, 2.75) is 52.4 Å². The molecule has 0 heterocycles. The van der Waals surface area contributed by atoms with E-state index in [2.05, 4.69) is 25.2 Å². The molecule has 16 heavy (non-hydrogen) atoms. The van der Waals surface area contributed by atoms with Crippen LogP contribution in [0.2, 0.25) is 0 Å². The molecular formula is C15H27N. The number of nitrogens with one attached hydrogen (secondary N) is 1. The molecule has 0 amide bonds. The highest BCUT2D eigenvalue weighted by molar-refractivity contribution is 5.06. The van der Waals surface area contributed by atoms with E-state index in [1.54, 1.807) is 5.57 Å². The second kappa shape index (κ2) is 5.86. The Morgan fingerprint density at radius 3 is 2.75 bits per heavy atom. The first kappa shape index (κ1) is 12.2. The van der Waals surface area contributed by atoms with E-state index in [0.29, 0.717) is 0 Å². The van der Waals surface area contributed by atoms with Crippen molar-refractivity contribution in [2.24, 2.45) is 17.8 Å². The van der Waals surface area contributed by atoms with Crippen LogP contribution in [0.15, 0.2) is 11.6 Å². The Hall–Kier alpha value is -0.300. The molecule has 1 saturated carbocycles. The highest BCUT2D eigenvalue weighted by Gasteiger charge is 2.19. The molecule has 92 valence electrons. The highest BCUT2D eigenvalue weighted by atomic mass is 14.9. The molecule has 2 atom stereocenters. The molecular weight excluding hydrogens is 194 g/mol. The van der Waals surface area contributed by atoms with Crippen LogP contribution in [0.25, 0.3) is 0 Å². The van der Waals surface area contributed by atoms with Crippen LogP contribution in [0.1, 0.15) is 52.4 Å². The second-order valence-electron chi connectivity index (χ2n) is 6.09. The molecule has 0 spiro atoms. The molecule has 0 radical (unpaired) electrons. The van der Waals surface area contributed by atoms with Gasteiger partial charge < -0.3 is 5.32 Å². The number of hydrogen-bond donors (Lipinski definition) is 1. The maximum absolute atomic E-state index is 3.67. The molecule has 0 aromatic carbocycles. The van der Waals surface area contributed by atoms with Gasteiger partial charge in [0.2, 0.25) is 0 Å². The largest absolute Gasteiger partial charge is 0.316 e. The minimum absolute atomic E-state index is 0.798. The van der Waals surface area contributed by atoms with Gasteiger partial charge in [-0.2, -0.15) is 0 Å². The molecule has 2 aliphatic rings. The van der Waals surface area contributed by atoms with Gasteiger partial charge in [0.1, 0.15) is 0 Å². The van der Waals surface area contributed by atoms with Crippen molar-refractivity contribution in [3.05, 3.63) is 11.6 Å². The maximum atomic E-state index is 3.67. The van der Waals surface area contributed by atoms with E-state index in [1.165, 1.54) is 51.6 Å². The Morgan fingerprint density at radius 2 is 2.12 bits per heavy atom. The minimum atomic E-state index is 0.798. The summed E-state index contributed by atoms with van der Waals surface area (Å²) in [6.45, 7) is 7.13. The quantitative estimate of drug-likeness (QED) is 0.550. The number of allylic oxidation sites excluding steroid dienone is 2. The molecule has 1 heteroatoms. The fourth-order valence-electron chi connectivity index (χ4n) is 3.24. The Labute approximate surface area is 101 Å². The molecule has 0 saturated heterocycles. The van der Waals surface area contributed by atoms with E-state index >= 15 is 0 Å². The predicted octanol–water partition coefficient (Wildman–Crippen LogP) is 3.76. The van der Waals surface area contributed by atoms with Crippen molar-refractivity contribution in [2.75, 3.05) is 13.1 Å². The zero-order valence-electron chi connectivity index (χ0n) is 11.0. The van der Waals surface area contributed by atoms with Gasteiger partial charge in [-0.15, -0.1) is 0 Å².